The molecule has 0 aliphatic heterocycles. The molecule has 2 nitrogen and oxygen atoms in total. The summed E-state index contributed by atoms with van der Waals surface area (Å²) in [6, 6.07) is 13.9. The summed E-state index contributed by atoms with van der Waals surface area (Å²) in [5.41, 5.74) is 6.98. The molecule has 0 unspecified atom stereocenters. The number of aryl methyl sites for hydroxylation is 1. The van der Waals surface area contributed by atoms with Crippen LogP contribution in [0.3, 0.4) is 0 Å². The molecule has 30 heavy (non-hydrogen) atoms. The fourth-order valence-electron chi connectivity index (χ4n) is 4.63. The molecule has 3 aromatic rings. The van der Waals surface area contributed by atoms with Crippen LogP contribution < -0.4 is 9.75 Å². The molecule has 0 amide bonds. The number of rotatable bonds is 4. The van der Waals surface area contributed by atoms with Gasteiger partial charge >= 0.3 is 0 Å². The smallest absolute Gasteiger partial charge is 0.229 e. The van der Waals surface area contributed by atoms with Crippen LogP contribution in [0.2, 0.25) is 19.6 Å². The van der Waals surface area contributed by atoms with E-state index in [9.17, 15) is 0 Å². The van der Waals surface area contributed by atoms with Crippen LogP contribution in [0.4, 0.5) is 0 Å². The number of fused-ring (bicyclic) bond motifs is 1. The lowest BCUT2D eigenvalue weighted by molar-refractivity contribution is -0.657. The third-order valence-corrected chi connectivity index (χ3v) is 8.21. The van der Waals surface area contributed by atoms with Crippen LogP contribution in [0.25, 0.3) is 16.7 Å². The molecule has 2 aromatic carbocycles. The van der Waals surface area contributed by atoms with E-state index in [1.54, 1.807) is 5.19 Å². The van der Waals surface area contributed by atoms with Gasteiger partial charge in [0.05, 0.1) is 20.5 Å². The first-order chi connectivity index (χ1) is 13.7. The molecule has 0 fully saturated rings. The molecule has 0 spiro atoms. The average molecular weight is 422 g/mol. The number of hydrogen-bond acceptors (Lipinski definition) is 0. The minimum Gasteiger partial charge on any atom is -0.229 e. The van der Waals surface area contributed by atoms with E-state index in [4.69, 9.17) is 0 Å². The van der Waals surface area contributed by atoms with Crippen molar-refractivity contribution in [3.05, 3.63) is 53.3 Å². The molecule has 1 aromatic heterocycles. The third kappa shape index (κ3) is 3.89. The Bertz CT molecular complexity index is 1040. The maximum absolute atomic E-state index is 2.58. The molecule has 0 radical (unpaired) electrons. The Labute approximate surface area is 185 Å². The van der Waals surface area contributed by atoms with Crippen molar-refractivity contribution in [2.24, 2.45) is 7.05 Å². The molecule has 3 heteroatoms. The Morgan fingerprint density at radius 2 is 1.37 bits per heavy atom. The van der Waals surface area contributed by atoms with Gasteiger partial charge in [0.25, 0.3) is 5.82 Å². The molecule has 0 bridgehead atoms. The van der Waals surface area contributed by atoms with Crippen molar-refractivity contribution in [1.82, 2.24) is 4.57 Å². The van der Waals surface area contributed by atoms with Crippen molar-refractivity contribution in [3.8, 4) is 5.69 Å². The van der Waals surface area contributed by atoms with Crippen molar-refractivity contribution in [1.29, 1.82) is 0 Å². The van der Waals surface area contributed by atoms with E-state index in [2.05, 4.69) is 121 Å². The normalized spacial score (nSPS) is 13.1. The van der Waals surface area contributed by atoms with E-state index in [-0.39, 0.29) is 5.41 Å². The largest absolute Gasteiger partial charge is 0.267 e. The number of nitrogens with zero attached hydrogens (tertiary/aromatic N) is 2. The number of benzene rings is 2. The predicted molar refractivity (Wildman–Crippen MR) is 134 cm³/mol. The Kier molecular flexibility index (Phi) is 5.83. The number of para-hydroxylation sites is 2. The summed E-state index contributed by atoms with van der Waals surface area (Å²) in [5, 5.41) is 1.57. The van der Waals surface area contributed by atoms with Gasteiger partial charge in [0.1, 0.15) is 5.69 Å². The molecular formula is C27H41N2Si+. The van der Waals surface area contributed by atoms with Crippen LogP contribution in [-0.2, 0) is 12.5 Å². The van der Waals surface area contributed by atoms with Crippen LogP contribution in [0.5, 0.6) is 0 Å². The summed E-state index contributed by atoms with van der Waals surface area (Å²) in [7, 11) is 0.797. The van der Waals surface area contributed by atoms with Crippen molar-refractivity contribution in [2.75, 3.05) is 0 Å². The number of hydrogen-bond donors (Lipinski definition) is 0. The Morgan fingerprint density at radius 1 is 0.867 bits per heavy atom. The monoisotopic (exact) mass is 421 g/mol. The van der Waals surface area contributed by atoms with Crippen LogP contribution in [-0.4, -0.2) is 12.6 Å². The second kappa shape index (κ2) is 7.67. The summed E-state index contributed by atoms with van der Waals surface area (Å²) < 4.78 is 4.98. The highest BCUT2D eigenvalue weighted by molar-refractivity contribution is 6.88. The van der Waals surface area contributed by atoms with Crippen molar-refractivity contribution < 1.29 is 4.57 Å². The molecule has 0 atom stereocenters. The molecular weight excluding hydrogens is 380 g/mol. The SMILES string of the molecule is CC(C)c1cc([Si](C)(C)C)cc(C(C)C)c1-n1c(C(C)(C)C)[n+](C)c2ccccc21. The van der Waals surface area contributed by atoms with Gasteiger partial charge in [0, 0.05) is 11.1 Å². The molecule has 1 heterocycles. The molecule has 0 saturated heterocycles. The average Bonchev–Trinajstić information content (AvgIpc) is 2.92. The van der Waals surface area contributed by atoms with E-state index in [1.165, 1.54) is 33.7 Å². The minimum atomic E-state index is -1.42. The molecule has 162 valence electrons. The fraction of sp³-hybridized carbons (Fsp3) is 0.519. The predicted octanol–water partition coefficient (Wildman–Crippen LogP) is 6.54. The maximum Gasteiger partial charge on any atom is 0.267 e. The van der Waals surface area contributed by atoms with E-state index < -0.39 is 8.07 Å². The first kappa shape index (κ1) is 22.8. The summed E-state index contributed by atoms with van der Waals surface area (Å²) in [6.07, 6.45) is 0. The van der Waals surface area contributed by atoms with E-state index in [1.807, 2.05) is 0 Å². The highest BCUT2D eigenvalue weighted by Crippen LogP contribution is 2.36. The summed E-state index contributed by atoms with van der Waals surface area (Å²) in [6.45, 7) is 23.8. The fourth-order valence-corrected chi connectivity index (χ4v) is 5.81. The Balaban J connectivity index is 2.58. The minimum absolute atomic E-state index is 0.0215. The van der Waals surface area contributed by atoms with Crippen LogP contribution in [0.1, 0.15) is 77.3 Å². The van der Waals surface area contributed by atoms with Crippen molar-refractivity contribution in [2.45, 2.75) is 85.4 Å². The van der Waals surface area contributed by atoms with Gasteiger partial charge in [-0.1, -0.05) is 76.8 Å². The first-order valence-electron chi connectivity index (χ1n) is 11.4. The van der Waals surface area contributed by atoms with E-state index in [0.717, 1.165) is 0 Å². The van der Waals surface area contributed by atoms with Crippen LogP contribution in [0.15, 0.2) is 36.4 Å². The third-order valence-electron chi connectivity index (χ3n) is 6.19. The molecule has 3 rings (SSSR count). The number of aromatic nitrogens is 2. The zero-order valence-electron chi connectivity index (χ0n) is 21.0. The molecule has 0 saturated carbocycles. The van der Waals surface area contributed by atoms with Gasteiger partial charge in [-0.25, -0.2) is 4.57 Å². The van der Waals surface area contributed by atoms with E-state index >= 15 is 0 Å². The zero-order valence-corrected chi connectivity index (χ0v) is 22.0. The lowest BCUT2D eigenvalue weighted by Gasteiger charge is -2.26. The standard InChI is InChI=1S/C27H41N2Si/c1-18(2)21-16-20(30(9,10)11)17-22(19(3)4)25(21)29-24-15-13-12-14-23(24)28(8)26(29)27(5,6)7/h12-19H,1-11H3/q+1. The second-order valence-electron chi connectivity index (χ2n) is 11.5. The molecule has 0 aliphatic rings. The van der Waals surface area contributed by atoms with Gasteiger partial charge in [0.15, 0.2) is 11.0 Å². The highest BCUT2D eigenvalue weighted by Gasteiger charge is 2.36. The van der Waals surface area contributed by atoms with Gasteiger partial charge in [-0.05, 0) is 44.7 Å². The Morgan fingerprint density at radius 3 is 1.80 bits per heavy atom. The zero-order chi connectivity index (χ0) is 22.6. The van der Waals surface area contributed by atoms with Crippen LogP contribution >= 0.6 is 0 Å². The van der Waals surface area contributed by atoms with E-state index in [0.29, 0.717) is 11.8 Å². The second-order valence-corrected chi connectivity index (χ2v) is 16.6. The lowest BCUT2D eigenvalue weighted by Crippen LogP contribution is -2.41. The van der Waals surface area contributed by atoms with Crippen LogP contribution in [0, 0.1) is 0 Å². The van der Waals surface area contributed by atoms with Gasteiger partial charge in [-0.15, -0.1) is 0 Å². The topological polar surface area (TPSA) is 8.81 Å². The van der Waals surface area contributed by atoms with Gasteiger partial charge in [-0.3, -0.25) is 0 Å². The molecule has 0 aliphatic carbocycles. The summed E-state index contributed by atoms with van der Waals surface area (Å²) >= 11 is 0. The number of imidazole rings is 1. The lowest BCUT2D eigenvalue weighted by atomic mass is 9.90. The van der Waals surface area contributed by atoms with Gasteiger partial charge < -0.3 is 0 Å². The Hall–Kier alpha value is -1.87. The van der Waals surface area contributed by atoms with Gasteiger partial charge in [-0.2, -0.15) is 4.57 Å². The quantitative estimate of drug-likeness (QED) is 0.334. The van der Waals surface area contributed by atoms with Crippen molar-refractivity contribution >= 4 is 24.3 Å². The summed E-state index contributed by atoms with van der Waals surface area (Å²) in [5.74, 6) is 2.29. The molecule has 0 N–H and O–H groups in total. The van der Waals surface area contributed by atoms with Gasteiger partial charge in [0.2, 0.25) is 0 Å². The van der Waals surface area contributed by atoms with Crippen molar-refractivity contribution in [3.63, 3.8) is 0 Å². The highest BCUT2D eigenvalue weighted by atomic mass is 28.3. The first-order valence-corrected chi connectivity index (χ1v) is 14.9. The maximum atomic E-state index is 2.58. The summed E-state index contributed by atoms with van der Waals surface area (Å²) in [4.78, 5) is 0.